The first-order valence-corrected chi connectivity index (χ1v) is 22.0. The van der Waals surface area contributed by atoms with Gasteiger partial charge in [0.1, 0.15) is 23.0 Å². The minimum atomic E-state index is -0.477. The van der Waals surface area contributed by atoms with E-state index in [1.54, 1.807) is 109 Å². The van der Waals surface area contributed by atoms with Gasteiger partial charge in [0.25, 0.3) is 35.4 Å². The van der Waals surface area contributed by atoms with Gasteiger partial charge in [-0.1, -0.05) is 74.5 Å². The molecule has 69 heavy (non-hydrogen) atoms. The quantitative estimate of drug-likeness (QED) is 0.115. The first-order chi connectivity index (χ1) is 33.4. The van der Waals surface area contributed by atoms with Crippen molar-refractivity contribution in [1.82, 2.24) is 0 Å². The van der Waals surface area contributed by atoms with Crippen molar-refractivity contribution in [3.05, 3.63) is 239 Å². The smallest absolute Gasteiger partial charge is 0.266 e. The lowest BCUT2D eigenvalue weighted by molar-refractivity contribution is 0.0910. The van der Waals surface area contributed by atoms with E-state index in [2.05, 4.69) is 24.5 Å². The molecule has 0 spiro atoms. The van der Waals surface area contributed by atoms with Gasteiger partial charge in [0.15, 0.2) is 0 Å². The van der Waals surface area contributed by atoms with Crippen molar-refractivity contribution in [3.8, 4) is 23.0 Å². The van der Waals surface area contributed by atoms with Crippen LogP contribution in [0.2, 0.25) is 0 Å². The van der Waals surface area contributed by atoms with Crippen LogP contribution >= 0.6 is 0 Å². The number of rotatable bonds is 12. The molecule has 10 rings (SSSR count). The van der Waals surface area contributed by atoms with E-state index in [0.717, 1.165) is 20.9 Å². The summed E-state index contributed by atoms with van der Waals surface area (Å²) in [4.78, 5) is 80.9. The standard InChI is InChI=1S/C57H40N4O8/c1-57(2,37-15-23-43(24-16-37)68-45-27-19-39(20-28-45)58-51(62)35-13-31-47-49(33-35)55(66)60(53(47)64)41-9-5-3-6-10-41)38-17-25-44(26-18-38)69-46-29-21-40(22-30-46)59-52(63)36-14-32-48-50(34-36)56(67)61(54(48)65)42-11-7-4-8-12-42/h3-34H,1-2H3,(H,58,62)(H,59,63). The lowest BCUT2D eigenvalue weighted by Gasteiger charge is -2.26. The van der Waals surface area contributed by atoms with E-state index in [1.165, 1.54) is 36.4 Å². The van der Waals surface area contributed by atoms with Crippen LogP contribution in [0.3, 0.4) is 0 Å². The monoisotopic (exact) mass is 908 g/mol. The van der Waals surface area contributed by atoms with Crippen LogP contribution in [0, 0.1) is 0 Å². The number of anilines is 4. The molecule has 0 aliphatic carbocycles. The Labute approximate surface area is 396 Å². The molecule has 2 N–H and O–H groups in total. The number of carbonyl (C=O) groups is 6. The fourth-order valence-corrected chi connectivity index (χ4v) is 8.32. The van der Waals surface area contributed by atoms with Gasteiger partial charge in [0.2, 0.25) is 0 Å². The summed E-state index contributed by atoms with van der Waals surface area (Å²) in [5.74, 6) is -0.248. The van der Waals surface area contributed by atoms with Crippen LogP contribution in [0.25, 0.3) is 0 Å². The Kier molecular flexibility index (Phi) is 11.2. The second-order valence-corrected chi connectivity index (χ2v) is 16.9. The zero-order valence-corrected chi connectivity index (χ0v) is 37.1. The Balaban J connectivity index is 0.715. The van der Waals surface area contributed by atoms with Crippen molar-refractivity contribution in [2.75, 3.05) is 20.4 Å². The molecule has 8 aromatic carbocycles. The van der Waals surface area contributed by atoms with Gasteiger partial charge in [-0.25, -0.2) is 9.80 Å². The highest BCUT2D eigenvalue weighted by molar-refractivity contribution is 6.35. The third-order valence-electron chi connectivity index (χ3n) is 12.2. The molecule has 2 aliphatic rings. The summed E-state index contributed by atoms with van der Waals surface area (Å²) in [7, 11) is 0. The number of nitrogens with one attached hydrogen (secondary N) is 2. The van der Waals surface area contributed by atoms with Crippen LogP contribution in [-0.2, 0) is 5.41 Å². The number of carbonyl (C=O) groups excluding carboxylic acids is 6. The zero-order valence-electron chi connectivity index (χ0n) is 37.1. The summed E-state index contributed by atoms with van der Waals surface area (Å²) in [5, 5.41) is 5.70. The van der Waals surface area contributed by atoms with Crippen LogP contribution in [-0.4, -0.2) is 35.4 Å². The lowest BCUT2D eigenvalue weighted by atomic mass is 9.78. The fourth-order valence-electron chi connectivity index (χ4n) is 8.32. The van der Waals surface area contributed by atoms with E-state index in [-0.39, 0.29) is 38.8 Å². The summed E-state index contributed by atoms with van der Waals surface area (Å²) in [6.45, 7) is 4.27. The molecule has 12 heteroatoms. The molecule has 0 fully saturated rings. The maximum Gasteiger partial charge on any atom is 0.266 e. The molecule has 0 saturated heterocycles. The van der Waals surface area contributed by atoms with Gasteiger partial charge in [0, 0.05) is 27.9 Å². The van der Waals surface area contributed by atoms with E-state index >= 15 is 0 Å². The Hall–Kier alpha value is -9.42. The van der Waals surface area contributed by atoms with E-state index in [9.17, 15) is 28.8 Å². The SMILES string of the molecule is CC(C)(c1ccc(Oc2ccc(NC(=O)c3ccc4c(c3)C(=O)N(c3ccccc3)C4=O)cc2)cc1)c1ccc(Oc2ccc(NC(=O)c3ccc4c(c3)C(=O)N(c3ccccc3)C4=O)cc2)cc1. The van der Waals surface area contributed by atoms with Gasteiger partial charge in [-0.15, -0.1) is 0 Å². The summed E-state index contributed by atoms with van der Waals surface area (Å²) < 4.78 is 12.2. The van der Waals surface area contributed by atoms with Crippen molar-refractivity contribution in [2.24, 2.45) is 0 Å². The highest BCUT2D eigenvalue weighted by Crippen LogP contribution is 2.36. The number of para-hydroxylation sites is 2. The number of amides is 6. The van der Waals surface area contributed by atoms with Crippen LogP contribution in [0.4, 0.5) is 22.7 Å². The predicted molar refractivity (Wildman–Crippen MR) is 262 cm³/mol. The molecule has 0 bridgehead atoms. The molecule has 8 aromatic rings. The minimum absolute atomic E-state index is 0.178. The van der Waals surface area contributed by atoms with Crippen LogP contribution in [0.15, 0.2) is 194 Å². The topological polar surface area (TPSA) is 151 Å². The van der Waals surface area contributed by atoms with Gasteiger partial charge in [0.05, 0.1) is 33.6 Å². The Morgan fingerprint density at radius 1 is 0.391 bits per heavy atom. The Bertz CT molecular complexity index is 3110. The van der Waals surface area contributed by atoms with E-state index in [4.69, 9.17) is 9.47 Å². The summed E-state index contributed by atoms with van der Waals surface area (Å²) >= 11 is 0. The molecule has 336 valence electrons. The van der Waals surface area contributed by atoms with Gasteiger partial charge < -0.3 is 20.1 Å². The summed E-state index contributed by atoms with van der Waals surface area (Å²) in [6, 6.07) is 55.9. The molecule has 0 atom stereocenters. The number of benzene rings is 8. The average Bonchev–Trinajstić information content (AvgIpc) is 3.78. The maximum absolute atomic E-state index is 13.2. The lowest BCUT2D eigenvalue weighted by Crippen LogP contribution is -2.29. The van der Waals surface area contributed by atoms with Gasteiger partial charge in [-0.05, 0) is 145 Å². The molecule has 0 saturated carbocycles. The van der Waals surface area contributed by atoms with Crippen LogP contribution in [0.5, 0.6) is 23.0 Å². The molecule has 6 amide bonds. The predicted octanol–water partition coefficient (Wildman–Crippen LogP) is 11.7. The second-order valence-electron chi connectivity index (χ2n) is 16.9. The van der Waals surface area contributed by atoms with Crippen molar-refractivity contribution < 1.29 is 38.2 Å². The number of fused-ring (bicyclic) bond motifs is 2. The fraction of sp³-hybridized carbons (Fsp3) is 0.0526. The van der Waals surface area contributed by atoms with Crippen LogP contribution < -0.4 is 29.9 Å². The Morgan fingerprint density at radius 3 is 1.06 bits per heavy atom. The molecule has 12 nitrogen and oxygen atoms in total. The number of nitrogens with zero attached hydrogens (tertiary/aromatic N) is 2. The zero-order chi connectivity index (χ0) is 47.8. The van der Waals surface area contributed by atoms with Gasteiger partial charge in [-0.3, -0.25) is 28.8 Å². The Morgan fingerprint density at radius 2 is 0.710 bits per heavy atom. The second kappa shape index (κ2) is 17.8. The maximum atomic E-state index is 13.2. The first kappa shape index (κ1) is 43.5. The average molecular weight is 909 g/mol. The molecule has 2 aliphatic heterocycles. The molecule has 2 heterocycles. The van der Waals surface area contributed by atoms with Crippen molar-refractivity contribution in [2.45, 2.75) is 19.3 Å². The summed E-state index contributed by atoms with van der Waals surface area (Å²) in [6.07, 6.45) is 0. The van der Waals surface area contributed by atoms with Gasteiger partial charge >= 0.3 is 0 Å². The minimum Gasteiger partial charge on any atom is -0.457 e. The van der Waals surface area contributed by atoms with Crippen molar-refractivity contribution in [1.29, 1.82) is 0 Å². The number of ether oxygens (including phenoxy) is 2. The molecule has 0 radical (unpaired) electrons. The number of hydrogen-bond donors (Lipinski definition) is 2. The van der Waals surface area contributed by atoms with Crippen LogP contribution in [0.1, 0.15) is 87.1 Å². The largest absolute Gasteiger partial charge is 0.457 e. The van der Waals surface area contributed by atoms with E-state index in [0.29, 0.717) is 45.7 Å². The third kappa shape index (κ3) is 8.49. The van der Waals surface area contributed by atoms with E-state index in [1.807, 2.05) is 48.5 Å². The summed E-state index contributed by atoms with van der Waals surface area (Å²) in [5.41, 5.74) is 5.12. The molecule has 0 aromatic heterocycles. The molecular weight excluding hydrogens is 869 g/mol. The van der Waals surface area contributed by atoms with Crippen molar-refractivity contribution in [3.63, 3.8) is 0 Å². The van der Waals surface area contributed by atoms with E-state index < -0.39 is 35.4 Å². The third-order valence-corrected chi connectivity index (χ3v) is 12.2. The molecule has 0 unspecified atom stereocenters. The normalized spacial score (nSPS) is 13.0. The highest BCUT2D eigenvalue weighted by Gasteiger charge is 2.38. The number of imide groups is 2. The first-order valence-electron chi connectivity index (χ1n) is 22.0. The van der Waals surface area contributed by atoms with Crippen molar-refractivity contribution >= 4 is 58.2 Å². The number of hydrogen-bond acceptors (Lipinski definition) is 8. The molecular formula is C57H40N4O8. The highest BCUT2D eigenvalue weighted by atomic mass is 16.5. The van der Waals surface area contributed by atoms with Gasteiger partial charge in [-0.2, -0.15) is 0 Å².